The number of hydrogen-bond donors (Lipinski definition) is 1. The molecule has 1 N–H and O–H groups in total. The lowest BCUT2D eigenvalue weighted by molar-refractivity contribution is -0.147. The Balaban J connectivity index is 1.89. The first-order valence-electron chi connectivity index (χ1n) is 7.29. The second kappa shape index (κ2) is 5.27. The Kier molecular flexibility index (Phi) is 3.47. The Morgan fingerprint density at radius 3 is 2.50 bits per heavy atom. The van der Waals surface area contributed by atoms with Crippen LogP contribution in [-0.4, -0.2) is 29.8 Å². The van der Waals surface area contributed by atoms with Gasteiger partial charge in [0.25, 0.3) is 0 Å². The van der Waals surface area contributed by atoms with Crippen molar-refractivity contribution in [2.45, 2.75) is 38.3 Å². The van der Waals surface area contributed by atoms with Crippen LogP contribution in [0, 0.1) is 5.92 Å². The number of fused-ring (bicyclic) bond motifs is 1. The smallest absolute Gasteiger partial charge is 0.242 e. The number of nitrogens with one attached hydrogen (secondary N) is 1. The average molecular weight is 272 g/mol. The van der Waals surface area contributed by atoms with E-state index in [4.69, 9.17) is 0 Å². The van der Waals surface area contributed by atoms with Gasteiger partial charge in [0, 0.05) is 25.9 Å². The third-order valence-corrected chi connectivity index (χ3v) is 4.54. The van der Waals surface area contributed by atoms with Gasteiger partial charge in [0.05, 0.1) is 0 Å². The molecule has 4 heteroatoms. The third kappa shape index (κ3) is 2.19. The van der Waals surface area contributed by atoms with Crippen molar-refractivity contribution in [1.29, 1.82) is 0 Å². The number of carbonyl (C=O) groups is 2. The van der Waals surface area contributed by atoms with Gasteiger partial charge in [-0.1, -0.05) is 30.7 Å². The quantitative estimate of drug-likeness (QED) is 0.886. The van der Waals surface area contributed by atoms with Crippen LogP contribution in [0.2, 0.25) is 0 Å². The minimum Gasteiger partial charge on any atom is -0.357 e. The van der Waals surface area contributed by atoms with Gasteiger partial charge in [0.2, 0.25) is 11.8 Å². The zero-order valence-corrected chi connectivity index (χ0v) is 11.8. The van der Waals surface area contributed by atoms with Gasteiger partial charge in [0.1, 0.15) is 6.04 Å². The molecule has 1 saturated carbocycles. The van der Waals surface area contributed by atoms with E-state index >= 15 is 0 Å². The summed E-state index contributed by atoms with van der Waals surface area (Å²) in [7, 11) is 1.63. The van der Waals surface area contributed by atoms with Gasteiger partial charge in [-0.15, -0.1) is 0 Å². The molecule has 0 aromatic heterocycles. The second-order valence-corrected chi connectivity index (χ2v) is 5.70. The molecule has 1 aliphatic carbocycles. The van der Waals surface area contributed by atoms with Crippen LogP contribution in [0.25, 0.3) is 0 Å². The van der Waals surface area contributed by atoms with E-state index < -0.39 is 0 Å². The largest absolute Gasteiger partial charge is 0.357 e. The van der Waals surface area contributed by atoms with Gasteiger partial charge in [0.15, 0.2) is 0 Å². The number of likely N-dealkylation sites (N-methyl/N-ethyl adjacent to an activating group) is 1. The predicted molar refractivity (Wildman–Crippen MR) is 75.9 cm³/mol. The van der Waals surface area contributed by atoms with E-state index in [0.717, 1.165) is 19.3 Å². The van der Waals surface area contributed by atoms with E-state index in [-0.39, 0.29) is 23.8 Å². The van der Waals surface area contributed by atoms with Crippen molar-refractivity contribution >= 4 is 11.8 Å². The van der Waals surface area contributed by atoms with E-state index in [0.29, 0.717) is 13.0 Å². The second-order valence-electron chi connectivity index (χ2n) is 5.70. The minimum absolute atomic E-state index is 0.0628. The fourth-order valence-electron chi connectivity index (χ4n) is 3.05. The van der Waals surface area contributed by atoms with Crippen LogP contribution in [0.5, 0.6) is 0 Å². The lowest BCUT2D eigenvalue weighted by atomic mass is 9.82. The topological polar surface area (TPSA) is 49.4 Å². The molecule has 1 unspecified atom stereocenters. The van der Waals surface area contributed by atoms with E-state index in [1.165, 1.54) is 11.1 Å². The first kappa shape index (κ1) is 13.2. The van der Waals surface area contributed by atoms with E-state index in [9.17, 15) is 9.59 Å². The molecule has 1 aromatic carbocycles. The molecule has 20 heavy (non-hydrogen) atoms. The standard InChI is InChI=1S/C16H20N2O2/c1-17-15(19)14-9-12-5-2-3-6-13(12)10-18(14)16(20)11-7-4-8-11/h2-3,5-6,11,14H,4,7-10H2,1H3,(H,17,19). The maximum absolute atomic E-state index is 12.6. The molecule has 1 aromatic rings. The summed E-state index contributed by atoms with van der Waals surface area (Å²) in [5.74, 6) is 0.221. The monoisotopic (exact) mass is 272 g/mol. The normalized spacial score (nSPS) is 21.9. The van der Waals surface area contributed by atoms with Crippen molar-refractivity contribution in [3.05, 3.63) is 35.4 Å². The van der Waals surface area contributed by atoms with E-state index in [1.807, 2.05) is 12.1 Å². The highest BCUT2D eigenvalue weighted by Gasteiger charge is 2.38. The summed E-state index contributed by atoms with van der Waals surface area (Å²) in [6.07, 6.45) is 3.69. The summed E-state index contributed by atoms with van der Waals surface area (Å²) >= 11 is 0. The molecule has 1 fully saturated rings. The molecule has 2 amide bonds. The summed E-state index contributed by atoms with van der Waals surface area (Å²) in [6.45, 7) is 0.559. The molecule has 2 aliphatic rings. The van der Waals surface area contributed by atoms with Crippen LogP contribution in [0.4, 0.5) is 0 Å². The summed E-state index contributed by atoms with van der Waals surface area (Å²) in [5, 5.41) is 2.69. The molecular formula is C16H20N2O2. The van der Waals surface area contributed by atoms with Crippen molar-refractivity contribution in [3.63, 3.8) is 0 Å². The van der Waals surface area contributed by atoms with Crippen LogP contribution in [-0.2, 0) is 22.6 Å². The molecule has 1 aliphatic heterocycles. The fourth-order valence-corrected chi connectivity index (χ4v) is 3.05. The van der Waals surface area contributed by atoms with E-state index in [1.54, 1.807) is 11.9 Å². The zero-order chi connectivity index (χ0) is 14.1. The fraction of sp³-hybridized carbons (Fsp3) is 0.500. The summed E-state index contributed by atoms with van der Waals surface area (Å²) in [5.41, 5.74) is 2.35. The Morgan fingerprint density at radius 2 is 1.90 bits per heavy atom. The van der Waals surface area contributed by atoms with Crippen LogP contribution >= 0.6 is 0 Å². The van der Waals surface area contributed by atoms with Crippen molar-refractivity contribution in [1.82, 2.24) is 10.2 Å². The Hall–Kier alpha value is -1.84. The maximum Gasteiger partial charge on any atom is 0.242 e. The van der Waals surface area contributed by atoms with Gasteiger partial charge >= 0.3 is 0 Å². The molecular weight excluding hydrogens is 252 g/mol. The first-order chi connectivity index (χ1) is 9.70. The van der Waals surface area contributed by atoms with Crippen molar-refractivity contribution in [2.24, 2.45) is 5.92 Å². The Morgan fingerprint density at radius 1 is 1.20 bits per heavy atom. The highest BCUT2D eigenvalue weighted by molar-refractivity contribution is 5.89. The number of amides is 2. The van der Waals surface area contributed by atoms with Crippen molar-refractivity contribution < 1.29 is 9.59 Å². The van der Waals surface area contributed by atoms with Crippen molar-refractivity contribution in [3.8, 4) is 0 Å². The molecule has 0 radical (unpaired) electrons. The highest BCUT2D eigenvalue weighted by atomic mass is 16.2. The molecule has 4 nitrogen and oxygen atoms in total. The van der Waals surface area contributed by atoms with Crippen LogP contribution in [0.3, 0.4) is 0 Å². The van der Waals surface area contributed by atoms with Crippen LogP contribution in [0.1, 0.15) is 30.4 Å². The molecule has 0 saturated heterocycles. The molecule has 106 valence electrons. The maximum atomic E-state index is 12.6. The molecule has 1 atom stereocenters. The van der Waals surface area contributed by atoms with Gasteiger partial charge in [-0.05, 0) is 24.0 Å². The van der Waals surface area contributed by atoms with Gasteiger partial charge in [-0.3, -0.25) is 9.59 Å². The van der Waals surface area contributed by atoms with Gasteiger partial charge in [-0.25, -0.2) is 0 Å². The lowest BCUT2D eigenvalue weighted by Gasteiger charge is -2.39. The third-order valence-electron chi connectivity index (χ3n) is 4.54. The SMILES string of the molecule is CNC(=O)C1Cc2ccccc2CN1C(=O)C1CCC1. The molecule has 0 bridgehead atoms. The average Bonchev–Trinajstić information content (AvgIpc) is 2.43. The molecule has 3 rings (SSSR count). The Labute approximate surface area is 119 Å². The lowest BCUT2D eigenvalue weighted by Crippen LogP contribution is -2.54. The molecule has 1 heterocycles. The number of nitrogens with zero attached hydrogens (tertiary/aromatic N) is 1. The van der Waals surface area contributed by atoms with Gasteiger partial charge < -0.3 is 10.2 Å². The zero-order valence-electron chi connectivity index (χ0n) is 11.8. The number of carbonyl (C=O) groups excluding carboxylic acids is 2. The number of benzene rings is 1. The minimum atomic E-state index is -0.358. The first-order valence-corrected chi connectivity index (χ1v) is 7.29. The van der Waals surface area contributed by atoms with Crippen molar-refractivity contribution in [2.75, 3.05) is 7.05 Å². The summed E-state index contributed by atoms with van der Waals surface area (Å²) in [6, 6.07) is 7.73. The van der Waals surface area contributed by atoms with Crippen LogP contribution in [0.15, 0.2) is 24.3 Å². The van der Waals surface area contributed by atoms with Crippen LogP contribution < -0.4 is 5.32 Å². The number of hydrogen-bond acceptors (Lipinski definition) is 2. The molecule has 0 spiro atoms. The Bertz CT molecular complexity index is 537. The van der Waals surface area contributed by atoms with Gasteiger partial charge in [-0.2, -0.15) is 0 Å². The highest BCUT2D eigenvalue weighted by Crippen LogP contribution is 2.32. The summed E-state index contributed by atoms with van der Waals surface area (Å²) < 4.78 is 0. The number of rotatable bonds is 2. The predicted octanol–water partition coefficient (Wildman–Crippen LogP) is 1.49. The summed E-state index contributed by atoms with van der Waals surface area (Å²) in [4.78, 5) is 26.5. The van der Waals surface area contributed by atoms with E-state index in [2.05, 4.69) is 17.4 Å².